The van der Waals surface area contributed by atoms with Gasteiger partial charge in [-0.1, -0.05) is 5.21 Å². The first-order valence-electron chi connectivity index (χ1n) is 4.73. The maximum absolute atomic E-state index is 10.6. The van der Waals surface area contributed by atoms with Crippen molar-refractivity contribution in [3.63, 3.8) is 0 Å². The molecule has 0 bridgehead atoms. The molecule has 6 heteroatoms. The number of hydrogen-bond donors (Lipinski definition) is 1. The van der Waals surface area contributed by atoms with Gasteiger partial charge in [0.15, 0.2) is 5.69 Å². The minimum absolute atomic E-state index is 0.0547. The van der Waals surface area contributed by atoms with E-state index in [2.05, 4.69) is 15.3 Å². The van der Waals surface area contributed by atoms with Crippen LogP contribution in [-0.4, -0.2) is 31.1 Å². The Morgan fingerprint density at radius 3 is 2.69 bits per heavy atom. The first-order valence-corrected chi connectivity index (χ1v) is 4.73. The molecule has 1 atom stereocenters. The Hall–Kier alpha value is -2.24. The van der Waals surface area contributed by atoms with E-state index in [1.807, 2.05) is 19.1 Å². The van der Waals surface area contributed by atoms with Gasteiger partial charge >= 0.3 is 5.97 Å². The number of pyridine rings is 1. The normalized spacial score (nSPS) is 12.3. The first-order chi connectivity index (χ1) is 7.68. The lowest BCUT2D eigenvalue weighted by Gasteiger charge is -2.10. The zero-order valence-electron chi connectivity index (χ0n) is 8.61. The second kappa shape index (κ2) is 4.09. The standard InChI is InChI=1S/C10H10N4O2/c1-7(8-2-4-11-5-3-8)14-6-9(10(15)16)12-13-14/h2-7H,1H3,(H,15,16). The lowest BCUT2D eigenvalue weighted by atomic mass is 10.1. The molecule has 0 spiro atoms. The minimum Gasteiger partial charge on any atom is -0.476 e. The van der Waals surface area contributed by atoms with Crippen molar-refractivity contribution >= 4 is 5.97 Å². The van der Waals surface area contributed by atoms with Crippen LogP contribution in [0.5, 0.6) is 0 Å². The molecule has 0 fully saturated rings. The maximum atomic E-state index is 10.6. The summed E-state index contributed by atoms with van der Waals surface area (Å²) >= 11 is 0. The average Bonchev–Trinajstić information content (AvgIpc) is 2.78. The topological polar surface area (TPSA) is 80.9 Å². The van der Waals surface area contributed by atoms with Crippen molar-refractivity contribution in [2.24, 2.45) is 0 Å². The smallest absolute Gasteiger partial charge is 0.358 e. The van der Waals surface area contributed by atoms with Gasteiger partial charge in [-0.15, -0.1) is 5.10 Å². The van der Waals surface area contributed by atoms with Crippen LogP contribution >= 0.6 is 0 Å². The summed E-state index contributed by atoms with van der Waals surface area (Å²) in [5.41, 5.74) is 0.942. The molecule has 0 amide bonds. The van der Waals surface area contributed by atoms with Crippen LogP contribution in [0, 0.1) is 0 Å². The van der Waals surface area contributed by atoms with E-state index in [0.29, 0.717) is 0 Å². The van der Waals surface area contributed by atoms with Crippen molar-refractivity contribution in [1.29, 1.82) is 0 Å². The predicted octanol–water partition coefficient (Wildman–Crippen LogP) is 0.981. The van der Waals surface area contributed by atoms with Crippen LogP contribution in [0.2, 0.25) is 0 Å². The number of aromatic carboxylic acids is 1. The van der Waals surface area contributed by atoms with Crippen LogP contribution in [0.4, 0.5) is 0 Å². The van der Waals surface area contributed by atoms with Crippen molar-refractivity contribution < 1.29 is 9.90 Å². The second-order valence-corrected chi connectivity index (χ2v) is 3.35. The molecule has 16 heavy (non-hydrogen) atoms. The first kappa shape index (κ1) is 10.3. The largest absolute Gasteiger partial charge is 0.476 e. The lowest BCUT2D eigenvalue weighted by Crippen LogP contribution is -2.07. The third-order valence-corrected chi connectivity index (χ3v) is 2.31. The molecule has 82 valence electrons. The molecule has 0 saturated heterocycles. The molecular weight excluding hydrogens is 208 g/mol. The van der Waals surface area contributed by atoms with E-state index in [9.17, 15) is 4.79 Å². The summed E-state index contributed by atoms with van der Waals surface area (Å²) in [4.78, 5) is 14.6. The monoisotopic (exact) mass is 218 g/mol. The summed E-state index contributed by atoms with van der Waals surface area (Å²) in [5.74, 6) is -1.08. The van der Waals surface area contributed by atoms with Gasteiger partial charge in [-0.05, 0) is 24.6 Å². The zero-order chi connectivity index (χ0) is 11.5. The van der Waals surface area contributed by atoms with E-state index in [4.69, 9.17) is 5.11 Å². The Morgan fingerprint density at radius 1 is 1.44 bits per heavy atom. The fourth-order valence-corrected chi connectivity index (χ4v) is 1.36. The molecule has 2 aromatic heterocycles. The van der Waals surface area contributed by atoms with E-state index in [-0.39, 0.29) is 11.7 Å². The number of carboxylic acid groups (broad SMARTS) is 1. The predicted molar refractivity (Wildman–Crippen MR) is 55.0 cm³/mol. The van der Waals surface area contributed by atoms with Crippen molar-refractivity contribution in [1.82, 2.24) is 20.0 Å². The van der Waals surface area contributed by atoms with Gasteiger partial charge < -0.3 is 5.11 Å². The highest BCUT2D eigenvalue weighted by Gasteiger charge is 2.13. The Bertz CT molecular complexity index is 495. The van der Waals surface area contributed by atoms with Crippen molar-refractivity contribution in [2.45, 2.75) is 13.0 Å². The van der Waals surface area contributed by atoms with Gasteiger partial charge in [0.05, 0.1) is 12.2 Å². The number of aromatic nitrogens is 4. The van der Waals surface area contributed by atoms with Gasteiger partial charge in [-0.2, -0.15) is 0 Å². The van der Waals surface area contributed by atoms with Crippen molar-refractivity contribution in [3.05, 3.63) is 42.0 Å². The van der Waals surface area contributed by atoms with Gasteiger partial charge in [0.2, 0.25) is 0 Å². The average molecular weight is 218 g/mol. The molecule has 6 nitrogen and oxygen atoms in total. The number of rotatable bonds is 3. The van der Waals surface area contributed by atoms with Gasteiger partial charge in [0, 0.05) is 12.4 Å². The molecule has 0 aliphatic carbocycles. The van der Waals surface area contributed by atoms with Gasteiger partial charge in [-0.25, -0.2) is 9.48 Å². The fourth-order valence-electron chi connectivity index (χ4n) is 1.36. The number of carboxylic acids is 1. The maximum Gasteiger partial charge on any atom is 0.358 e. The van der Waals surface area contributed by atoms with Crippen LogP contribution in [0.25, 0.3) is 0 Å². The van der Waals surface area contributed by atoms with Gasteiger partial charge in [-0.3, -0.25) is 4.98 Å². The summed E-state index contributed by atoms with van der Waals surface area (Å²) in [7, 11) is 0. The fraction of sp³-hybridized carbons (Fsp3) is 0.200. The van der Waals surface area contributed by atoms with Crippen LogP contribution < -0.4 is 0 Å². The Balaban J connectivity index is 2.27. The third kappa shape index (κ3) is 1.90. The molecule has 2 aromatic rings. The molecule has 0 aromatic carbocycles. The summed E-state index contributed by atoms with van der Waals surface area (Å²) in [6.45, 7) is 1.91. The van der Waals surface area contributed by atoms with Gasteiger partial charge in [0.1, 0.15) is 0 Å². The number of hydrogen-bond acceptors (Lipinski definition) is 4. The molecule has 2 heterocycles. The van der Waals surface area contributed by atoms with E-state index >= 15 is 0 Å². The van der Waals surface area contributed by atoms with Crippen LogP contribution in [0.15, 0.2) is 30.7 Å². The molecule has 0 radical (unpaired) electrons. The van der Waals surface area contributed by atoms with E-state index in [1.165, 1.54) is 10.9 Å². The molecular formula is C10H10N4O2. The summed E-state index contributed by atoms with van der Waals surface area (Å²) in [6, 6.07) is 3.64. The minimum atomic E-state index is -1.08. The Morgan fingerprint density at radius 2 is 2.12 bits per heavy atom. The molecule has 1 unspecified atom stereocenters. The highest BCUT2D eigenvalue weighted by atomic mass is 16.4. The van der Waals surface area contributed by atoms with Crippen molar-refractivity contribution in [3.8, 4) is 0 Å². The van der Waals surface area contributed by atoms with E-state index in [1.54, 1.807) is 12.4 Å². The quantitative estimate of drug-likeness (QED) is 0.830. The third-order valence-electron chi connectivity index (χ3n) is 2.31. The van der Waals surface area contributed by atoms with Crippen LogP contribution in [-0.2, 0) is 0 Å². The molecule has 0 saturated carbocycles. The SMILES string of the molecule is CC(c1ccncc1)n1cc(C(=O)O)nn1. The molecule has 2 rings (SSSR count). The lowest BCUT2D eigenvalue weighted by molar-refractivity contribution is 0.0690. The number of nitrogens with zero attached hydrogens (tertiary/aromatic N) is 4. The zero-order valence-corrected chi connectivity index (χ0v) is 8.61. The van der Waals surface area contributed by atoms with E-state index < -0.39 is 5.97 Å². The van der Waals surface area contributed by atoms with Gasteiger partial charge in [0.25, 0.3) is 0 Å². The molecule has 1 N–H and O–H groups in total. The summed E-state index contributed by atoms with van der Waals surface area (Å²) < 4.78 is 1.51. The Kier molecular flexibility index (Phi) is 2.63. The molecule has 0 aliphatic heterocycles. The van der Waals surface area contributed by atoms with Crippen LogP contribution in [0.1, 0.15) is 29.0 Å². The second-order valence-electron chi connectivity index (χ2n) is 3.35. The summed E-state index contributed by atoms with van der Waals surface area (Å²) in [6.07, 6.45) is 4.77. The van der Waals surface area contributed by atoms with Crippen molar-refractivity contribution in [2.75, 3.05) is 0 Å². The highest BCUT2D eigenvalue weighted by molar-refractivity contribution is 5.84. The van der Waals surface area contributed by atoms with E-state index in [0.717, 1.165) is 5.56 Å². The van der Waals surface area contributed by atoms with Crippen LogP contribution in [0.3, 0.4) is 0 Å². The number of carbonyl (C=O) groups is 1. The summed E-state index contributed by atoms with van der Waals surface area (Å²) in [5, 5.41) is 16.1. The Labute approximate surface area is 91.6 Å². The molecule has 0 aliphatic rings. The highest BCUT2D eigenvalue weighted by Crippen LogP contribution is 2.15.